The van der Waals surface area contributed by atoms with E-state index in [2.05, 4.69) is 5.32 Å². The highest BCUT2D eigenvalue weighted by Crippen LogP contribution is 2.24. The smallest absolute Gasteiger partial charge is 0.241 e. The van der Waals surface area contributed by atoms with E-state index in [1.165, 1.54) is 0 Å². The Hall–Kier alpha value is -2.04. The van der Waals surface area contributed by atoms with Gasteiger partial charge in [0.25, 0.3) is 0 Å². The van der Waals surface area contributed by atoms with E-state index in [1.807, 2.05) is 26.0 Å². The van der Waals surface area contributed by atoms with Gasteiger partial charge in [-0.1, -0.05) is 12.1 Å². The number of benzene rings is 1. The Morgan fingerprint density at radius 3 is 2.33 bits per heavy atom. The maximum Gasteiger partial charge on any atom is 0.241 e. The van der Waals surface area contributed by atoms with E-state index in [-0.39, 0.29) is 18.4 Å². The van der Waals surface area contributed by atoms with Gasteiger partial charge in [-0.05, 0) is 44.4 Å². The molecule has 1 aromatic rings. The van der Waals surface area contributed by atoms with Crippen molar-refractivity contribution in [2.24, 2.45) is 0 Å². The van der Waals surface area contributed by atoms with Gasteiger partial charge in [0.15, 0.2) is 0 Å². The zero-order valence-corrected chi connectivity index (χ0v) is 12.7. The Kier molecular flexibility index (Phi) is 4.50. The number of nitrogen functional groups attached to an aromatic ring is 1. The lowest BCUT2D eigenvalue weighted by atomic mass is 9.83. The zero-order chi connectivity index (χ0) is 15.5. The first-order valence-corrected chi connectivity index (χ1v) is 7.33. The Balaban J connectivity index is 1.95. The molecule has 1 aromatic carbocycles. The van der Waals surface area contributed by atoms with Gasteiger partial charge < -0.3 is 16.0 Å². The van der Waals surface area contributed by atoms with Crippen molar-refractivity contribution in [3.05, 3.63) is 29.8 Å². The van der Waals surface area contributed by atoms with Gasteiger partial charge in [0, 0.05) is 18.8 Å². The molecule has 21 heavy (non-hydrogen) atoms. The molecule has 2 amide bonds. The summed E-state index contributed by atoms with van der Waals surface area (Å²) in [5.74, 6) is -0.159. The van der Waals surface area contributed by atoms with E-state index < -0.39 is 5.41 Å². The second-order valence-electron chi connectivity index (χ2n) is 6.02. The summed E-state index contributed by atoms with van der Waals surface area (Å²) in [7, 11) is 0. The molecular formula is C16H23N3O2. The van der Waals surface area contributed by atoms with Crippen LogP contribution in [0.4, 0.5) is 5.69 Å². The molecule has 114 valence electrons. The first-order chi connectivity index (χ1) is 9.91. The van der Waals surface area contributed by atoms with Crippen molar-refractivity contribution in [2.75, 3.05) is 25.4 Å². The molecule has 0 atom stereocenters. The number of amides is 2. The number of likely N-dealkylation sites (tertiary alicyclic amines) is 1. The summed E-state index contributed by atoms with van der Waals surface area (Å²) in [6.07, 6.45) is 2.10. The van der Waals surface area contributed by atoms with Gasteiger partial charge in [0.2, 0.25) is 11.8 Å². The van der Waals surface area contributed by atoms with E-state index in [0.29, 0.717) is 5.69 Å². The third kappa shape index (κ3) is 3.54. The van der Waals surface area contributed by atoms with Crippen molar-refractivity contribution in [3.8, 4) is 0 Å². The molecule has 5 nitrogen and oxygen atoms in total. The van der Waals surface area contributed by atoms with Crippen LogP contribution in [0.1, 0.15) is 32.3 Å². The van der Waals surface area contributed by atoms with Crippen LogP contribution in [0.2, 0.25) is 0 Å². The fourth-order valence-corrected chi connectivity index (χ4v) is 2.49. The fourth-order valence-electron chi connectivity index (χ4n) is 2.49. The van der Waals surface area contributed by atoms with Crippen LogP contribution in [0.5, 0.6) is 0 Å². The summed E-state index contributed by atoms with van der Waals surface area (Å²) >= 11 is 0. The molecule has 2 rings (SSSR count). The van der Waals surface area contributed by atoms with Crippen molar-refractivity contribution in [1.29, 1.82) is 0 Å². The summed E-state index contributed by atoms with van der Waals surface area (Å²) in [5.41, 5.74) is 6.51. The predicted octanol–water partition coefficient (Wildman–Crippen LogP) is 1.28. The third-order valence-electron chi connectivity index (χ3n) is 4.06. The molecule has 0 radical (unpaired) electrons. The average Bonchev–Trinajstić information content (AvgIpc) is 2.99. The van der Waals surface area contributed by atoms with Crippen LogP contribution in [0, 0.1) is 0 Å². The molecule has 5 heteroatoms. The number of anilines is 1. The number of carbonyl (C=O) groups excluding carboxylic acids is 2. The third-order valence-corrected chi connectivity index (χ3v) is 4.06. The van der Waals surface area contributed by atoms with Crippen LogP contribution in [-0.4, -0.2) is 36.3 Å². The first kappa shape index (κ1) is 15.4. The van der Waals surface area contributed by atoms with E-state index in [4.69, 9.17) is 5.73 Å². The molecule has 1 heterocycles. The standard InChI is InChI=1S/C16H23N3O2/c1-16(2,12-5-7-13(17)8-6-12)15(21)18-11-14(20)19-9-3-4-10-19/h5-8H,3-4,9-11,17H2,1-2H3,(H,18,21). The van der Waals surface area contributed by atoms with Gasteiger partial charge >= 0.3 is 0 Å². The van der Waals surface area contributed by atoms with Gasteiger partial charge in [0.1, 0.15) is 0 Å². The van der Waals surface area contributed by atoms with Gasteiger partial charge in [0.05, 0.1) is 12.0 Å². The largest absolute Gasteiger partial charge is 0.399 e. The molecule has 0 spiro atoms. The second-order valence-corrected chi connectivity index (χ2v) is 6.02. The number of rotatable bonds is 4. The number of hydrogen-bond donors (Lipinski definition) is 2. The van der Waals surface area contributed by atoms with Crippen molar-refractivity contribution in [2.45, 2.75) is 32.1 Å². The molecule has 1 fully saturated rings. The van der Waals surface area contributed by atoms with Gasteiger partial charge in [-0.3, -0.25) is 9.59 Å². The maximum absolute atomic E-state index is 12.4. The number of nitrogens with zero attached hydrogens (tertiary/aromatic N) is 1. The highest BCUT2D eigenvalue weighted by Gasteiger charge is 2.30. The number of carbonyl (C=O) groups is 2. The predicted molar refractivity (Wildman–Crippen MR) is 82.7 cm³/mol. The van der Waals surface area contributed by atoms with Gasteiger partial charge in [-0.2, -0.15) is 0 Å². The minimum absolute atomic E-state index is 0.00560. The van der Waals surface area contributed by atoms with Crippen molar-refractivity contribution in [1.82, 2.24) is 10.2 Å². The van der Waals surface area contributed by atoms with E-state index >= 15 is 0 Å². The van der Waals surface area contributed by atoms with Gasteiger partial charge in [-0.15, -0.1) is 0 Å². The molecular weight excluding hydrogens is 266 g/mol. The van der Waals surface area contributed by atoms with Crippen LogP contribution in [0.25, 0.3) is 0 Å². The fraction of sp³-hybridized carbons (Fsp3) is 0.500. The lowest BCUT2D eigenvalue weighted by Crippen LogP contribution is -2.45. The summed E-state index contributed by atoms with van der Waals surface area (Å²) in [4.78, 5) is 26.1. The Labute approximate surface area is 125 Å². The highest BCUT2D eigenvalue weighted by atomic mass is 16.2. The molecule has 0 saturated carbocycles. The maximum atomic E-state index is 12.4. The molecule has 0 unspecified atom stereocenters. The number of nitrogens with one attached hydrogen (secondary N) is 1. The lowest BCUT2D eigenvalue weighted by Gasteiger charge is -2.25. The molecule has 0 aliphatic carbocycles. The second kappa shape index (κ2) is 6.16. The van der Waals surface area contributed by atoms with Crippen molar-refractivity contribution < 1.29 is 9.59 Å². The Morgan fingerprint density at radius 2 is 1.76 bits per heavy atom. The van der Waals surface area contributed by atoms with Crippen LogP contribution in [0.3, 0.4) is 0 Å². The minimum atomic E-state index is -0.695. The summed E-state index contributed by atoms with van der Waals surface area (Å²) in [5, 5.41) is 2.75. The number of hydrogen-bond acceptors (Lipinski definition) is 3. The van der Waals surface area contributed by atoms with Crippen LogP contribution >= 0.6 is 0 Å². The van der Waals surface area contributed by atoms with Crippen LogP contribution < -0.4 is 11.1 Å². The van der Waals surface area contributed by atoms with Crippen molar-refractivity contribution >= 4 is 17.5 Å². The summed E-state index contributed by atoms with van der Waals surface area (Å²) < 4.78 is 0. The van der Waals surface area contributed by atoms with Crippen molar-refractivity contribution in [3.63, 3.8) is 0 Å². The molecule has 3 N–H and O–H groups in total. The molecule has 1 aliphatic rings. The molecule has 1 saturated heterocycles. The average molecular weight is 289 g/mol. The minimum Gasteiger partial charge on any atom is -0.399 e. The topological polar surface area (TPSA) is 75.4 Å². The SMILES string of the molecule is CC(C)(C(=O)NCC(=O)N1CCCC1)c1ccc(N)cc1. The highest BCUT2D eigenvalue weighted by molar-refractivity contribution is 5.91. The van der Waals surface area contributed by atoms with E-state index in [0.717, 1.165) is 31.5 Å². The molecule has 0 bridgehead atoms. The Bertz CT molecular complexity index is 517. The van der Waals surface area contributed by atoms with Gasteiger partial charge in [-0.25, -0.2) is 0 Å². The Morgan fingerprint density at radius 1 is 1.19 bits per heavy atom. The van der Waals surface area contributed by atoms with E-state index in [9.17, 15) is 9.59 Å². The monoisotopic (exact) mass is 289 g/mol. The molecule has 1 aliphatic heterocycles. The zero-order valence-electron chi connectivity index (χ0n) is 12.7. The normalized spacial score (nSPS) is 15.0. The molecule has 0 aromatic heterocycles. The first-order valence-electron chi connectivity index (χ1n) is 7.33. The van der Waals surface area contributed by atoms with E-state index in [1.54, 1.807) is 17.0 Å². The quantitative estimate of drug-likeness (QED) is 0.820. The van der Waals surface area contributed by atoms with Crippen LogP contribution in [0.15, 0.2) is 24.3 Å². The number of nitrogens with two attached hydrogens (primary N) is 1. The van der Waals surface area contributed by atoms with Crippen LogP contribution in [-0.2, 0) is 15.0 Å². The summed E-state index contributed by atoms with van der Waals surface area (Å²) in [6, 6.07) is 7.24. The summed E-state index contributed by atoms with van der Waals surface area (Å²) in [6.45, 7) is 5.35. The lowest BCUT2D eigenvalue weighted by molar-refractivity contribution is -0.133.